The molecule has 0 aliphatic carbocycles. The van der Waals surface area contributed by atoms with Gasteiger partial charge in [0.05, 0.1) is 0 Å². The Kier molecular flexibility index (Phi) is 3.73. The summed E-state index contributed by atoms with van der Waals surface area (Å²) in [5, 5.41) is 9.50. The second-order valence-corrected chi connectivity index (χ2v) is 4.42. The SMILES string of the molecule is CC(c1cccc(C)c1)=c1cccc/c1=C/C=N. The molecule has 2 rings (SSSR count). The van der Waals surface area contributed by atoms with E-state index in [-0.39, 0.29) is 0 Å². The average Bonchev–Trinajstić information content (AvgIpc) is 2.39. The van der Waals surface area contributed by atoms with Crippen molar-refractivity contribution < 1.29 is 0 Å². The van der Waals surface area contributed by atoms with Crippen molar-refractivity contribution in [2.75, 3.05) is 0 Å². The van der Waals surface area contributed by atoms with E-state index >= 15 is 0 Å². The summed E-state index contributed by atoms with van der Waals surface area (Å²) in [6.07, 6.45) is 3.16. The number of rotatable bonds is 2. The van der Waals surface area contributed by atoms with Gasteiger partial charge < -0.3 is 5.41 Å². The Morgan fingerprint density at radius 3 is 2.56 bits per heavy atom. The Balaban J connectivity index is 2.76. The van der Waals surface area contributed by atoms with Crippen molar-refractivity contribution in [1.82, 2.24) is 0 Å². The molecule has 0 aromatic heterocycles. The van der Waals surface area contributed by atoms with E-state index in [9.17, 15) is 0 Å². The highest BCUT2D eigenvalue weighted by Gasteiger charge is 1.97. The number of aryl methyl sites for hydroxylation is 1. The summed E-state index contributed by atoms with van der Waals surface area (Å²) in [7, 11) is 0. The normalized spacial score (nSPS) is 13.3. The molecule has 2 aromatic rings. The third-order valence-electron chi connectivity index (χ3n) is 3.08. The van der Waals surface area contributed by atoms with Crippen LogP contribution in [-0.2, 0) is 0 Å². The number of nitrogens with one attached hydrogen (secondary N) is 1. The first-order chi connectivity index (χ1) is 8.72. The molecule has 1 N–H and O–H groups in total. The average molecular weight is 235 g/mol. The maximum absolute atomic E-state index is 7.23. The largest absolute Gasteiger partial charge is 0.309 e. The van der Waals surface area contributed by atoms with Crippen molar-refractivity contribution in [2.24, 2.45) is 0 Å². The van der Waals surface area contributed by atoms with Crippen LogP contribution in [0.1, 0.15) is 18.1 Å². The van der Waals surface area contributed by atoms with Crippen LogP contribution in [0.3, 0.4) is 0 Å². The zero-order valence-corrected chi connectivity index (χ0v) is 10.8. The highest BCUT2D eigenvalue weighted by molar-refractivity contribution is 5.88. The van der Waals surface area contributed by atoms with Gasteiger partial charge in [0.1, 0.15) is 0 Å². The van der Waals surface area contributed by atoms with Crippen LogP contribution in [0.2, 0.25) is 0 Å². The zero-order chi connectivity index (χ0) is 13.0. The van der Waals surface area contributed by atoms with Gasteiger partial charge in [-0.2, -0.15) is 0 Å². The Morgan fingerprint density at radius 1 is 1.06 bits per heavy atom. The molecule has 1 nitrogen and oxygen atoms in total. The maximum atomic E-state index is 7.23. The van der Waals surface area contributed by atoms with Crippen molar-refractivity contribution >= 4 is 17.9 Å². The minimum atomic E-state index is 1.09. The van der Waals surface area contributed by atoms with E-state index in [1.54, 1.807) is 0 Å². The highest BCUT2D eigenvalue weighted by atomic mass is 14.3. The van der Waals surface area contributed by atoms with Crippen molar-refractivity contribution in [2.45, 2.75) is 13.8 Å². The van der Waals surface area contributed by atoms with E-state index in [2.05, 4.69) is 44.2 Å². The molecule has 0 unspecified atom stereocenters. The van der Waals surface area contributed by atoms with E-state index in [0.717, 1.165) is 5.22 Å². The molecular weight excluding hydrogens is 218 g/mol. The zero-order valence-electron chi connectivity index (χ0n) is 10.8. The molecule has 0 amide bonds. The number of hydrogen-bond donors (Lipinski definition) is 1. The van der Waals surface area contributed by atoms with Gasteiger partial charge in [-0.15, -0.1) is 0 Å². The first kappa shape index (κ1) is 12.3. The Labute approximate surface area is 108 Å². The molecule has 0 saturated heterocycles. The van der Waals surface area contributed by atoms with Crippen LogP contribution >= 0.6 is 0 Å². The van der Waals surface area contributed by atoms with Crippen LogP contribution in [0.25, 0.3) is 11.6 Å². The molecule has 0 aliphatic heterocycles. The van der Waals surface area contributed by atoms with Gasteiger partial charge in [-0.05, 0) is 41.5 Å². The smallest absolute Gasteiger partial charge is 0.0183 e. The summed E-state index contributed by atoms with van der Waals surface area (Å²) in [5.41, 5.74) is 3.74. The lowest BCUT2D eigenvalue weighted by Gasteiger charge is -2.03. The van der Waals surface area contributed by atoms with Gasteiger partial charge in [-0.25, -0.2) is 0 Å². The summed E-state index contributed by atoms with van der Waals surface area (Å²) >= 11 is 0. The first-order valence-corrected chi connectivity index (χ1v) is 6.06. The first-order valence-electron chi connectivity index (χ1n) is 6.06. The van der Waals surface area contributed by atoms with E-state index in [1.807, 2.05) is 24.3 Å². The summed E-state index contributed by atoms with van der Waals surface area (Å²) in [4.78, 5) is 0. The lowest BCUT2D eigenvalue weighted by Crippen LogP contribution is -2.26. The molecule has 0 bridgehead atoms. The van der Waals surface area contributed by atoms with E-state index in [1.165, 1.54) is 28.1 Å². The fraction of sp³-hybridized carbons (Fsp3) is 0.118. The number of hydrogen-bond acceptors (Lipinski definition) is 1. The van der Waals surface area contributed by atoms with Gasteiger partial charge >= 0.3 is 0 Å². The topological polar surface area (TPSA) is 23.9 Å². The molecular formula is C17H17N. The van der Waals surface area contributed by atoms with Gasteiger partial charge in [-0.3, -0.25) is 0 Å². The van der Waals surface area contributed by atoms with Crippen LogP contribution in [0, 0.1) is 12.3 Å². The van der Waals surface area contributed by atoms with Crippen molar-refractivity contribution in [1.29, 1.82) is 5.41 Å². The number of benzene rings is 2. The standard InChI is InChI=1S/C17H17N/c1-13-6-5-8-16(12-13)14(2)17-9-4-3-7-15(17)10-11-18/h3-12,18H,1-2H3/b15-10-,17-14?,18-11?. The predicted octanol–water partition coefficient (Wildman–Crippen LogP) is 2.64. The Bertz CT molecular complexity index is 681. The highest BCUT2D eigenvalue weighted by Crippen LogP contribution is 2.11. The summed E-state index contributed by atoms with van der Waals surface area (Å²) in [6.45, 7) is 4.23. The summed E-state index contributed by atoms with van der Waals surface area (Å²) in [6, 6.07) is 16.7. The molecule has 0 fully saturated rings. The molecule has 0 radical (unpaired) electrons. The van der Waals surface area contributed by atoms with Gasteiger partial charge in [-0.1, -0.05) is 54.1 Å². The molecule has 0 spiro atoms. The molecule has 18 heavy (non-hydrogen) atoms. The molecule has 0 aliphatic rings. The van der Waals surface area contributed by atoms with Crippen LogP contribution in [0.15, 0.2) is 48.5 Å². The molecule has 0 heterocycles. The molecule has 0 saturated carbocycles. The molecule has 1 heteroatoms. The Morgan fingerprint density at radius 2 is 1.83 bits per heavy atom. The quantitative estimate of drug-likeness (QED) is 0.774. The second kappa shape index (κ2) is 5.46. The fourth-order valence-electron chi connectivity index (χ4n) is 2.11. The second-order valence-electron chi connectivity index (χ2n) is 4.42. The maximum Gasteiger partial charge on any atom is 0.0183 e. The third kappa shape index (κ3) is 2.57. The Hall–Kier alpha value is -2.15. The van der Waals surface area contributed by atoms with Crippen LogP contribution < -0.4 is 10.4 Å². The van der Waals surface area contributed by atoms with Crippen LogP contribution in [0.5, 0.6) is 0 Å². The van der Waals surface area contributed by atoms with Crippen molar-refractivity contribution in [3.63, 3.8) is 0 Å². The van der Waals surface area contributed by atoms with Crippen LogP contribution in [0.4, 0.5) is 0 Å². The van der Waals surface area contributed by atoms with Gasteiger partial charge in [0.25, 0.3) is 0 Å². The fourth-order valence-corrected chi connectivity index (χ4v) is 2.11. The third-order valence-corrected chi connectivity index (χ3v) is 3.08. The molecule has 90 valence electrons. The van der Waals surface area contributed by atoms with Crippen molar-refractivity contribution in [3.05, 3.63) is 70.1 Å². The minimum absolute atomic E-state index is 1.09. The van der Waals surface area contributed by atoms with Gasteiger partial charge in [0, 0.05) is 6.21 Å². The molecule has 0 atom stereocenters. The predicted molar refractivity (Wildman–Crippen MR) is 78.3 cm³/mol. The monoisotopic (exact) mass is 235 g/mol. The van der Waals surface area contributed by atoms with Crippen molar-refractivity contribution in [3.8, 4) is 0 Å². The summed E-state index contributed by atoms with van der Waals surface area (Å²) < 4.78 is 0. The lowest BCUT2D eigenvalue weighted by molar-refractivity contribution is 1.40. The van der Waals surface area contributed by atoms with Crippen LogP contribution in [-0.4, -0.2) is 6.21 Å². The van der Waals surface area contributed by atoms with Gasteiger partial charge in [0.2, 0.25) is 0 Å². The summed E-state index contributed by atoms with van der Waals surface area (Å²) in [5.74, 6) is 0. The lowest BCUT2D eigenvalue weighted by atomic mass is 10.0. The molecule has 2 aromatic carbocycles. The van der Waals surface area contributed by atoms with Gasteiger partial charge in [0.15, 0.2) is 0 Å². The van der Waals surface area contributed by atoms with E-state index < -0.39 is 0 Å². The van der Waals surface area contributed by atoms with E-state index in [0.29, 0.717) is 0 Å². The van der Waals surface area contributed by atoms with E-state index in [4.69, 9.17) is 5.41 Å². The minimum Gasteiger partial charge on any atom is -0.309 e.